The van der Waals surface area contributed by atoms with Gasteiger partial charge in [-0.2, -0.15) is 0 Å². The normalized spacial score (nSPS) is 12.0. The number of carbonyl (C=O) groups excluding carboxylic acids is 1. The lowest BCUT2D eigenvalue weighted by Crippen LogP contribution is -2.30. The van der Waals surface area contributed by atoms with Crippen molar-refractivity contribution in [2.24, 2.45) is 0 Å². The second-order valence-electron chi connectivity index (χ2n) is 6.53. The number of hydrogen-bond donors (Lipinski definition) is 1. The van der Waals surface area contributed by atoms with Crippen LogP contribution in [0.5, 0.6) is 5.75 Å². The van der Waals surface area contributed by atoms with Crippen molar-refractivity contribution >= 4 is 22.4 Å². The molecule has 0 aliphatic carbocycles. The molecule has 5 heteroatoms. The van der Waals surface area contributed by atoms with Gasteiger partial charge in [0.25, 0.3) is 0 Å². The number of carbonyl (C=O) groups is 1. The van der Waals surface area contributed by atoms with Crippen LogP contribution in [0.1, 0.15) is 30.5 Å². The average molecular weight is 344 g/mol. The van der Waals surface area contributed by atoms with E-state index in [4.69, 9.17) is 9.15 Å². The summed E-state index contributed by atoms with van der Waals surface area (Å²) in [5, 5.41) is 3.96. The summed E-state index contributed by atoms with van der Waals surface area (Å²) in [6.07, 6.45) is 3.39. The molecule has 25 heavy (non-hydrogen) atoms. The summed E-state index contributed by atoms with van der Waals surface area (Å²) in [5.41, 5.74) is 4.68. The maximum Gasteiger partial charge on any atom is 0.244 e. The number of furan rings is 1. The zero-order valence-electron chi connectivity index (χ0n) is 16.0. The van der Waals surface area contributed by atoms with Crippen LogP contribution in [0, 0.1) is 13.8 Å². The van der Waals surface area contributed by atoms with E-state index in [1.807, 2.05) is 52.8 Å². The van der Waals surface area contributed by atoms with Gasteiger partial charge in [0.1, 0.15) is 11.3 Å². The van der Waals surface area contributed by atoms with Gasteiger partial charge in [-0.25, -0.2) is 0 Å². The Hall–Kier alpha value is -2.27. The second-order valence-corrected chi connectivity index (χ2v) is 6.53. The molecule has 0 saturated carbocycles. The third-order valence-electron chi connectivity index (χ3n) is 4.16. The van der Waals surface area contributed by atoms with E-state index in [2.05, 4.69) is 5.32 Å². The van der Waals surface area contributed by atoms with Gasteiger partial charge in [0.15, 0.2) is 0 Å². The molecule has 0 fully saturated rings. The molecule has 0 saturated heterocycles. The van der Waals surface area contributed by atoms with E-state index in [9.17, 15) is 4.79 Å². The molecule has 0 aliphatic heterocycles. The molecule has 5 nitrogen and oxygen atoms in total. The first-order valence-electron chi connectivity index (χ1n) is 8.60. The molecule has 0 radical (unpaired) electrons. The maximum atomic E-state index is 12.2. The Kier molecular flexibility index (Phi) is 6.26. The fourth-order valence-corrected chi connectivity index (χ4v) is 2.79. The molecule has 0 aliphatic rings. The molecule has 2 rings (SSSR count). The highest BCUT2D eigenvalue weighted by atomic mass is 16.5. The number of nitrogens with zero attached hydrogens (tertiary/aromatic N) is 1. The largest absolute Gasteiger partial charge is 0.493 e. The number of amides is 1. The van der Waals surface area contributed by atoms with Crippen LogP contribution >= 0.6 is 0 Å². The molecule has 0 bridgehead atoms. The standard InChI is InChI=1S/C20H28N2O3/c1-7-24-19-15(4)20-17(14(3)12-25-20)11-16(19)13(2)10-18(23)21-8-9-22(5)6/h10-12H,7-9H2,1-6H3,(H,21,23)/b13-10+. The topological polar surface area (TPSA) is 54.7 Å². The van der Waals surface area contributed by atoms with Gasteiger partial charge < -0.3 is 19.4 Å². The van der Waals surface area contributed by atoms with Gasteiger partial charge in [0.05, 0.1) is 12.9 Å². The zero-order valence-corrected chi connectivity index (χ0v) is 16.0. The van der Waals surface area contributed by atoms with Gasteiger partial charge in [-0.3, -0.25) is 4.79 Å². The number of likely N-dealkylation sites (N-methyl/N-ethyl adjacent to an activating group) is 1. The van der Waals surface area contributed by atoms with Gasteiger partial charge in [-0.15, -0.1) is 0 Å². The first-order chi connectivity index (χ1) is 11.8. The predicted molar refractivity (Wildman–Crippen MR) is 102 cm³/mol. The number of allylic oxidation sites excluding steroid dienone is 1. The molecule has 0 unspecified atom stereocenters. The van der Waals surface area contributed by atoms with Crippen molar-refractivity contribution in [3.63, 3.8) is 0 Å². The highest BCUT2D eigenvalue weighted by Crippen LogP contribution is 2.37. The van der Waals surface area contributed by atoms with Gasteiger partial charge in [0, 0.05) is 35.7 Å². The molecule has 1 aromatic heterocycles. The summed E-state index contributed by atoms with van der Waals surface area (Å²) in [6.45, 7) is 9.88. The molecule has 0 atom stereocenters. The van der Waals surface area contributed by atoms with Crippen LogP contribution in [-0.2, 0) is 4.79 Å². The summed E-state index contributed by atoms with van der Waals surface area (Å²) >= 11 is 0. The van der Waals surface area contributed by atoms with Crippen molar-refractivity contribution in [3.8, 4) is 5.75 Å². The summed E-state index contributed by atoms with van der Waals surface area (Å²) in [5.74, 6) is 0.683. The third-order valence-corrected chi connectivity index (χ3v) is 4.16. The highest BCUT2D eigenvalue weighted by molar-refractivity contribution is 5.98. The Morgan fingerprint density at radius 3 is 2.72 bits per heavy atom. The Bertz CT molecular complexity index is 788. The van der Waals surface area contributed by atoms with Gasteiger partial charge in [-0.1, -0.05) is 0 Å². The van der Waals surface area contributed by atoms with Crippen LogP contribution in [0.4, 0.5) is 0 Å². The molecule has 2 aromatic rings. The number of aryl methyl sites for hydroxylation is 2. The van der Waals surface area contributed by atoms with Crippen LogP contribution in [-0.4, -0.2) is 44.6 Å². The van der Waals surface area contributed by atoms with Crippen LogP contribution in [0.15, 0.2) is 22.8 Å². The fourth-order valence-electron chi connectivity index (χ4n) is 2.79. The first kappa shape index (κ1) is 19.1. The van der Waals surface area contributed by atoms with Crippen LogP contribution in [0.3, 0.4) is 0 Å². The van der Waals surface area contributed by atoms with Gasteiger partial charge >= 0.3 is 0 Å². The lowest BCUT2D eigenvalue weighted by molar-refractivity contribution is -0.116. The fraction of sp³-hybridized carbons (Fsp3) is 0.450. The monoisotopic (exact) mass is 344 g/mol. The van der Waals surface area contributed by atoms with Crippen molar-refractivity contribution in [3.05, 3.63) is 35.1 Å². The minimum absolute atomic E-state index is 0.0940. The second kappa shape index (κ2) is 8.21. The minimum atomic E-state index is -0.0940. The van der Waals surface area contributed by atoms with Crippen LogP contribution < -0.4 is 10.1 Å². The average Bonchev–Trinajstić information content (AvgIpc) is 2.91. The zero-order chi connectivity index (χ0) is 18.6. The Morgan fingerprint density at radius 2 is 2.08 bits per heavy atom. The molecular weight excluding hydrogens is 316 g/mol. The maximum absolute atomic E-state index is 12.2. The van der Waals surface area contributed by atoms with Gasteiger partial charge in [0.2, 0.25) is 5.91 Å². The molecular formula is C20H28N2O3. The Balaban J connectivity index is 2.37. The van der Waals surface area contributed by atoms with E-state index in [-0.39, 0.29) is 5.91 Å². The van der Waals surface area contributed by atoms with Crippen molar-refractivity contribution < 1.29 is 13.9 Å². The Labute approximate surface area is 149 Å². The lowest BCUT2D eigenvalue weighted by Gasteiger charge is -2.15. The van der Waals surface area contributed by atoms with E-state index >= 15 is 0 Å². The molecule has 1 N–H and O–H groups in total. The predicted octanol–water partition coefficient (Wildman–Crippen LogP) is 3.53. The van der Waals surface area contributed by atoms with Crippen molar-refractivity contribution in [2.75, 3.05) is 33.8 Å². The van der Waals surface area contributed by atoms with Crippen LogP contribution in [0.25, 0.3) is 16.5 Å². The molecule has 1 aromatic carbocycles. The van der Waals surface area contributed by atoms with Crippen molar-refractivity contribution in [1.82, 2.24) is 10.2 Å². The summed E-state index contributed by atoms with van der Waals surface area (Å²) in [4.78, 5) is 14.2. The van der Waals surface area contributed by atoms with Crippen molar-refractivity contribution in [2.45, 2.75) is 27.7 Å². The number of ether oxygens (including phenoxy) is 1. The summed E-state index contributed by atoms with van der Waals surface area (Å²) in [6, 6.07) is 2.05. The smallest absolute Gasteiger partial charge is 0.244 e. The third kappa shape index (κ3) is 4.42. The number of nitrogens with one attached hydrogen (secondary N) is 1. The van der Waals surface area contributed by atoms with E-state index in [0.717, 1.165) is 45.5 Å². The summed E-state index contributed by atoms with van der Waals surface area (Å²) in [7, 11) is 3.96. The number of hydrogen-bond acceptors (Lipinski definition) is 4. The number of fused-ring (bicyclic) bond motifs is 1. The van der Waals surface area contributed by atoms with E-state index < -0.39 is 0 Å². The van der Waals surface area contributed by atoms with Gasteiger partial charge in [-0.05, 0) is 59.0 Å². The molecule has 0 spiro atoms. The Morgan fingerprint density at radius 1 is 1.36 bits per heavy atom. The van der Waals surface area contributed by atoms with Crippen LogP contribution in [0.2, 0.25) is 0 Å². The van der Waals surface area contributed by atoms with Crippen molar-refractivity contribution in [1.29, 1.82) is 0 Å². The lowest BCUT2D eigenvalue weighted by atomic mass is 9.98. The van der Waals surface area contributed by atoms with E-state index in [1.54, 1.807) is 12.3 Å². The molecule has 136 valence electrons. The highest BCUT2D eigenvalue weighted by Gasteiger charge is 2.17. The first-order valence-corrected chi connectivity index (χ1v) is 8.60. The number of rotatable bonds is 7. The molecule has 1 amide bonds. The minimum Gasteiger partial charge on any atom is -0.493 e. The summed E-state index contributed by atoms with van der Waals surface area (Å²) < 4.78 is 11.5. The number of benzene rings is 1. The van der Waals surface area contributed by atoms with E-state index in [1.165, 1.54) is 0 Å². The SMILES string of the molecule is CCOc1c(/C(C)=C/C(=O)NCCN(C)C)cc2c(C)coc2c1C. The molecule has 1 heterocycles. The van der Waals surface area contributed by atoms with E-state index in [0.29, 0.717) is 13.2 Å². The quantitative estimate of drug-likeness (QED) is 0.781.